The monoisotopic (exact) mass is 292 g/mol. The van der Waals surface area contributed by atoms with Crippen LogP contribution in [0.4, 0.5) is 0 Å². The molecular weight excluding hydrogens is 276 g/mol. The van der Waals surface area contributed by atoms with Gasteiger partial charge in [-0.1, -0.05) is 0 Å². The highest BCUT2D eigenvalue weighted by atomic mass is 32.1. The van der Waals surface area contributed by atoms with E-state index in [9.17, 15) is 9.59 Å². The highest BCUT2D eigenvalue weighted by molar-refractivity contribution is 7.15. The lowest BCUT2D eigenvalue weighted by Crippen LogP contribution is -2.40. The summed E-state index contributed by atoms with van der Waals surface area (Å²) in [6.45, 7) is 1.63. The zero-order valence-corrected chi connectivity index (χ0v) is 12.0. The molecule has 1 aliphatic heterocycles. The van der Waals surface area contributed by atoms with E-state index in [0.717, 1.165) is 19.4 Å². The maximum Gasteiger partial charge on any atom is 0.271 e. The minimum Gasteiger partial charge on any atom is -0.350 e. The van der Waals surface area contributed by atoms with Crippen LogP contribution in [0.1, 0.15) is 23.2 Å². The van der Waals surface area contributed by atoms with Gasteiger partial charge >= 0.3 is 0 Å². The van der Waals surface area contributed by atoms with Crippen LogP contribution in [-0.4, -0.2) is 46.4 Å². The Morgan fingerprint density at radius 3 is 3.20 bits per heavy atom. The van der Waals surface area contributed by atoms with E-state index in [0.29, 0.717) is 17.5 Å². The van der Waals surface area contributed by atoms with Crippen LogP contribution < -0.4 is 10.9 Å². The molecule has 0 unspecified atom stereocenters. The lowest BCUT2D eigenvalue weighted by atomic mass is 10.2. The van der Waals surface area contributed by atoms with Crippen molar-refractivity contribution >= 4 is 22.2 Å². The summed E-state index contributed by atoms with van der Waals surface area (Å²) in [5.74, 6) is -0.344. The maximum absolute atomic E-state index is 12.1. The molecule has 0 bridgehead atoms. The molecule has 0 saturated carbocycles. The number of amides is 1. The summed E-state index contributed by atoms with van der Waals surface area (Å²) < 4.78 is 1.40. The molecule has 7 heteroatoms. The zero-order valence-electron chi connectivity index (χ0n) is 11.2. The van der Waals surface area contributed by atoms with Gasteiger partial charge in [-0.05, 0) is 26.4 Å². The molecule has 0 aromatic carbocycles. The number of carbonyl (C=O) groups is 1. The fourth-order valence-corrected chi connectivity index (χ4v) is 3.20. The molecule has 3 heterocycles. The minimum absolute atomic E-state index is 0.0987. The molecule has 106 valence electrons. The van der Waals surface area contributed by atoms with Crippen LogP contribution in [-0.2, 0) is 0 Å². The maximum atomic E-state index is 12.1. The second-order valence-corrected chi connectivity index (χ2v) is 5.89. The van der Waals surface area contributed by atoms with Crippen LogP contribution >= 0.6 is 11.3 Å². The van der Waals surface area contributed by atoms with Crippen LogP contribution in [0, 0.1) is 0 Å². The van der Waals surface area contributed by atoms with Crippen LogP contribution in [0.2, 0.25) is 0 Å². The first-order valence-corrected chi connectivity index (χ1v) is 7.48. The van der Waals surface area contributed by atoms with E-state index in [1.54, 1.807) is 11.6 Å². The predicted molar refractivity (Wildman–Crippen MR) is 77.3 cm³/mol. The van der Waals surface area contributed by atoms with Gasteiger partial charge in [-0.3, -0.25) is 14.0 Å². The average Bonchev–Trinajstić information content (AvgIpc) is 3.05. The van der Waals surface area contributed by atoms with Gasteiger partial charge in [-0.25, -0.2) is 4.98 Å². The number of hydrogen-bond donors (Lipinski definition) is 1. The number of likely N-dealkylation sites (N-methyl/N-ethyl adjacent to an activating group) is 1. The van der Waals surface area contributed by atoms with Gasteiger partial charge < -0.3 is 10.2 Å². The fourth-order valence-electron chi connectivity index (χ4n) is 2.52. The Kier molecular flexibility index (Phi) is 3.54. The number of aromatic nitrogens is 2. The number of thiazole rings is 1. The SMILES string of the molecule is CN1CCC[C@@H]1CNC(=O)c1cnc2sccn2c1=O. The van der Waals surface area contributed by atoms with E-state index >= 15 is 0 Å². The molecular formula is C13H16N4O2S. The van der Waals surface area contributed by atoms with Crippen molar-refractivity contribution in [3.05, 3.63) is 33.7 Å². The van der Waals surface area contributed by atoms with Crippen molar-refractivity contribution in [1.29, 1.82) is 0 Å². The molecule has 6 nitrogen and oxygen atoms in total. The molecule has 0 aliphatic carbocycles. The Morgan fingerprint density at radius 1 is 1.60 bits per heavy atom. The molecule has 0 spiro atoms. The van der Waals surface area contributed by atoms with Crippen LogP contribution in [0.5, 0.6) is 0 Å². The number of likely N-dealkylation sites (tertiary alicyclic amines) is 1. The zero-order chi connectivity index (χ0) is 14.1. The second-order valence-electron chi connectivity index (χ2n) is 5.02. The van der Waals surface area contributed by atoms with Gasteiger partial charge in [-0.15, -0.1) is 11.3 Å². The molecule has 1 saturated heterocycles. The van der Waals surface area contributed by atoms with E-state index in [1.807, 2.05) is 0 Å². The van der Waals surface area contributed by atoms with E-state index < -0.39 is 0 Å². The molecule has 2 aromatic rings. The molecule has 1 fully saturated rings. The lowest BCUT2D eigenvalue weighted by molar-refractivity contribution is 0.0941. The summed E-state index contributed by atoms with van der Waals surface area (Å²) in [5, 5.41) is 4.62. The molecule has 3 rings (SSSR count). The third-order valence-electron chi connectivity index (χ3n) is 3.76. The summed E-state index contributed by atoms with van der Waals surface area (Å²) >= 11 is 1.37. The van der Waals surface area contributed by atoms with E-state index in [4.69, 9.17) is 0 Å². The number of fused-ring (bicyclic) bond motifs is 1. The van der Waals surface area contributed by atoms with Crippen molar-refractivity contribution in [2.24, 2.45) is 0 Å². The number of nitrogens with one attached hydrogen (secondary N) is 1. The lowest BCUT2D eigenvalue weighted by Gasteiger charge is -2.19. The van der Waals surface area contributed by atoms with Crippen molar-refractivity contribution in [2.75, 3.05) is 20.1 Å². The Labute approximate surface area is 120 Å². The van der Waals surface area contributed by atoms with Gasteiger partial charge in [0.25, 0.3) is 11.5 Å². The molecule has 0 radical (unpaired) electrons. The topological polar surface area (TPSA) is 66.7 Å². The van der Waals surface area contributed by atoms with Crippen LogP contribution in [0.3, 0.4) is 0 Å². The smallest absolute Gasteiger partial charge is 0.271 e. The number of rotatable bonds is 3. The first-order chi connectivity index (χ1) is 9.66. The summed E-state index contributed by atoms with van der Waals surface area (Å²) in [5.41, 5.74) is -0.213. The van der Waals surface area contributed by atoms with Crippen molar-refractivity contribution < 1.29 is 4.79 Å². The van der Waals surface area contributed by atoms with Gasteiger partial charge in [0, 0.05) is 30.4 Å². The second kappa shape index (κ2) is 5.34. The molecule has 20 heavy (non-hydrogen) atoms. The van der Waals surface area contributed by atoms with E-state index in [-0.39, 0.29) is 17.0 Å². The Morgan fingerprint density at radius 2 is 2.45 bits per heavy atom. The van der Waals surface area contributed by atoms with Crippen LogP contribution in [0.25, 0.3) is 4.96 Å². The van der Waals surface area contributed by atoms with Gasteiger partial charge in [0.05, 0.1) is 0 Å². The average molecular weight is 292 g/mol. The van der Waals surface area contributed by atoms with Gasteiger partial charge in [0.1, 0.15) is 5.56 Å². The summed E-state index contributed by atoms with van der Waals surface area (Å²) in [7, 11) is 2.05. The van der Waals surface area contributed by atoms with Gasteiger partial charge in [-0.2, -0.15) is 0 Å². The molecule has 1 aliphatic rings. The Balaban J connectivity index is 1.75. The summed E-state index contributed by atoms with van der Waals surface area (Å²) in [6.07, 6.45) is 5.23. The normalized spacial score (nSPS) is 19.6. The van der Waals surface area contributed by atoms with Crippen molar-refractivity contribution in [1.82, 2.24) is 19.6 Å². The number of hydrogen-bond acceptors (Lipinski definition) is 5. The van der Waals surface area contributed by atoms with Crippen molar-refractivity contribution in [3.63, 3.8) is 0 Å². The minimum atomic E-state index is -0.344. The van der Waals surface area contributed by atoms with Crippen molar-refractivity contribution in [3.8, 4) is 0 Å². The quantitative estimate of drug-likeness (QED) is 0.898. The van der Waals surface area contributed by atoms with Gasteiger partial charge in [0.15, 0.2) is 4.96 Å². The standard InChI is InChI=1S/C13H16N4O2S/c1-16-4-2-3-9(16)7-14-11(18)10-8-15-13-17(12(10)19)5-6-20-13/h5-6,8-9H,2-4,7H2,1H3,(H,14,18)/t9-/m1/s1. The summed E-state index contributed by atoms with van der Waals surface area (Å²) in [6, 6.07) is 0.361. The molecule has 1 atom stereocenters. The summed E-state index contributed by atoms with van der Waals surface area (Å²) in [4.78, 5) is 31.2. The predicted octanol–water partition coefficient (Wildman–Crippen LogP) is 0.580. The number of carbonyl (C=O) groups excluding carboxylic acids is 1. The van der Waals surface area contributed by atoms with E-state index in [2.05, 4.69) is 22.2 Å². The highest BCUT2D eigenvalue weighted by Gasteiger charge is 2.22. The molecule has 1 amide bonds. The largest absolute Gasteiger partial charge is 0.350 e. The van der Waals surface area contributed by atoms with Crippen LogP contribution in [0.15, 0.2) is 22.6 Å². The molecule has 1 N–H and O–H groups in total. The highest BCUT2D eigenvalue weighted by Crippen LogP contribution is 2.13. The first kappa shape index (κ1) is 13.3. The fraction of sp³-hybridized carbons (Fsp3) is 0.462. The Hall–Kier alpha value is -1.73. The third kappa shape index (κ3) is 2.34. The van der Waals surface area contributed by atoms with Crippen molar-refractivity contribution in [2.45, 2.75) is 18.9 Å². The first-order valence-electron chi connectivity index (χ1n) is 6.60. The third-order valence-corrected chi connectivity index (χ3v) is 4.53. The van der Waals surface area contributed by atoms with Gasteiger partial charge in [0.2, 0.25) is 0 Å². The van der Waals surface area contributed by atoms with E-state index in [1.165, 1.54) is 21.9 Å². The number of nitrogens with zero attached hydrogens (tertiary/aromatic N) is 3. The Bertz CT molecular complexity index is 693. The molecule has 2 aromatic heterocycles.